The molecule has 6 rings (SSSR count). The Labute approximate surface area is 177 Å². The van der Waals surface area contributed by atoms with Gasteiger partial charge in [0.15, 0.2) is 17.1 Å². The number of Topliss-reactive ketones (excluding diaryl/α,β-unsaturated/α-hetero) is 2. The second-order valence-electron chi connectivity index (χ2n) is 8.10. The van der Waals surface area contributed by atoms with Crippen LogP contribution in [0.3, 0.4) is 0 Å². The van der Waals surface area contributed by atoms with Crippen LogP contribution in [0.15, 0.2) is 72.8 Å². The lowest BCUT2D eigenvalue weighted by Gasteiger charge is -2.18. The number of imide groups is 1. The van der Waals surface area contributed by atoms with Gasteiger partial charge in [0.1, 0.15) is 0 Å². The van der Waals surface area contributed by atoms with Crippen LogP contribution in [-0.2, 0) is 0 Å². The number of carbonyl (C=O) groups is 4. The van der Waals surface area contributed by atoms with Gasteiger partial charge in [0.05, 0.1) is 17.2 Å². The first-order valence-electron chi connectivity index (χ1n) is 10.00. The minimum Gasteiger partial charge on any atom is -0.291 e. The van der Waals surface area contributed by atoms with Crippen LogP contribution < -0.4 is 0 Å². The molecule has 2 atom stereocenters. The molecule has 0 aromatic heterocycles. The van der Waals surface area contributed by atoms with E-state index in [2.05, 4.69) is 0 Å². The van der Waals surface area contributed by atoms with Gasteiger partial charge in [-0.25, -0.2) is 0 Å². The molecule has 0 saturated carbocycles. The highest BCUT2D eigenvalue weighted by Gasteiger charge is 2.79. The Balaban J connectivity index is 1.54. The standard InChI is InChI=1S/C25H16N2O4/c1-14-10-12-15(13-11-14)20-25(21(28)16-6-2-3-7-17(16)22(25)29)27(20)26-23(30)18-8-4-5-9-19(18)24(26)31/h2-13,20H,1H3. The molecule has 0 N–H and O–H groups in total. The van der Waals surface area contributed by atoms with Crippen molar-refractivity contribution in [1.29, 1.82) is 0 Å². The molecule has 1 saturated heterocycles. The first-order valence-corrected chi connectivity index (χ1v) is 10.00. The second-order valence-corrected chi connectivity index (χ2v) is 8.10. The van der Waals surface area contributed by atoms with E-state index in [0.29, 0.717) is 16.7 Å². The summed E-state index contributed by atoms with van der Waals surface area (Å²) < 4.78 is 0. The zero-order valence-corrected chi connectivity index (χ0v) is 16.5. The molecule has 1 aliphatic carbocycles. The summed E-state index contributed by atoms with van der Waals surface area (Å²) in [5.74, 6) is -1.80. The molecule has 3 aliphatic rings. The van der Waals surface area contributed by atoms with E-state index in [-0.39, 0.29) is 22.7 Å². The molecule has 31 heavy (non-hydrogen) atoms. The number of hydrazine groups is 1. The van der Waals surface area contributed by atoms with E-state index in [4.69, 9.17) is 0 Å². The van der Waals surface area contributed by atoms with Gasteiger partial charge >= 0.3 is 0 Å². The van der Waals surface area contributed by atoms with Crippen LogP contribution >= 0.6 is 0 Å². The fourth-order valence-electron chi connectivity index (χ4n) is 4.90. The van der Waals surface area contributed by atoms with Gasteiger partial charge in [-0.2, -0.15) is 10.0 Å². The van der Waals surface area contributed by atoms with E-state index < -0.39 is 23.4 Å². The lowest BCUT2D eigenvalue weighted by molar-refractivity contribution is 0.0297. The number of fused-ring (bicyclic) bond motifs is 2. The lowest BCUT2D eigenvalue weighted by Crippen LogP contribution is -2.43. The van der Waals surface area contributed by atoms with Gasteiger partial charge in [0, 0.05) is 11.1 Å². The van der Waals surface area contributed by atoms with Gasteiger partial charge in [0.25, 0.3) is 11.8 Å². The zero-order valence-electron chi connectivity index (χ0n) is 16.5. The summed E-state index contributed by atoms with van der Waals surface area (Å²) in [6, 6.07) is 19.9. The van der Waals surface area contributed by atoms with Crippen LogP contribution in [0.2, 0.25) is 0 Å². The number of amides is 2. The molecule has 2 unspecified atom stereocenters. The zero-order chi connectivity index (χ0) is 21.5. The number of hydrogen-bond donors (Lipinski definition) is 0. The van der Waals surface area contributed by atoms with E-state index in [0.717, 1.165) is 10.6 Å². The van der Waals surface area contributed by atoms with Crippen molar-refractivity contribution >= 4 is 23.4 Å². The van der Waals surface area contributed by atoms with Gasteiger partial charge < -0.3 is 0 Å². The largest absolute Gasteiger partial charge is 0.291 e. The number of ketones is 2. The molecule has 2 aliphatic heterocycles. The molecule has 1 spiro atoms. The predicted molar refractivity (Wildman–Crippen MR) is 111 cm³/mol. The maximum atomic E-state index is 13.6. The van der Waals surface area contributed by atoms with Crippen molar-refractivity contribution in [2.75, 3.05) is 0 Å². The van der Waals surface area contributed by atoms with Crippen molar-refractivity contribution in [3.05, 3.63) is 106 Å². The number of aryl methyl sites for hydroxylation is 1. The predicted octanol–water partition coefficient (Wildman–Crippen LogP) is 3.38. The van der Waals surface area contributed by atoms with Crippen LogP contribution in [0.4, 0.5) is 0 Å². The molecular weight excluding hydrogens is 392 g/mol. The first kappa shape index (κ1) is 17.9. The Hall–Kier alpha value is -3.90. The van der Waals surface area contributed by atoms with Crippen molar-refractivity contribution < 1.29 is 19.2 Å². The van der Waals surface area contributed by atoms with Gasteiger partial charge in [-0.15, -0.1) is 0 Å². The summed E-state index contributed by atoms with van der Waals surface area (Å²) in [5, 5.41) is 2.36. The second kappa shape index (κ2) is 5.83. The maximum Gasteiger partial charge on any atom is 0.276 e. The molecule has 0 bridgehead atoms. The fraction of sp³-hybridized carbons (Fsp3) is 0.120. The molecule has 3 aromatic rings. The van der Waals surface area contributed by atoms with Crippen molar-refractivity contribution in [3.63, 3.8) is 0 Å². The third-order valence-electron chi connectivity index (χ3n) is 6.42. The van der Waals surface area contributed by atoms with Crippen LogP contribution in [-0.4, -0.2) is 38.9 Å². The summed E-state index contributed by atoms with van der Waals surface area (Å²) in [5.41, 5.74) is 1.30. The minimum absolute atomic E-state index is 0.271. The van der Waals surface area contributed by atoms with Crippen LogP contribution in [0.25, 0.3) is 0 Å². The minimum atomic E-state index is -1.62. The number of benzene rings is 3. The average Bonchev–Trinajstić information content (AvgIpc) is 3.34. The Morgan fingerprint density at radius 2 is 1.10 bits per heavy atom. The highest BCUT2D eigenvalue weighted by atomic mass is 16.2. The third-order valence-corrected chi connectivity index (χ3v) is 6.42. The highest BCUT2D eigenvalue weighted by Crippen LogP contribution is 2.61. The van der Waals surface area contributed by atoms with Crippen molar-refractivity contribution in [2.45, 2.75) is 18.5 Å². The van der Waals surface area contributed by atoms with E-state index >= 15 is 0 Å². The maximum absolute atomic E-state index is 13.6. The van der Waals surface area contributed by atoms with Crippen LogP contribution in [0, 0.1) is 6.92 Å². The third kappa shape index (κ3) is 2.04. The van der Waals surface area contributed by atoms with Gasteiger partial charge in [0.2, 0.25) is 0 Å². The van der Waals surface area contributed by atoms with E-state index in [1.807, 2.05) is 31.2 Å². The SMILES string of the molecule is Cc1ccc(C2N(N3C(=O)c4ccccc4C3=O)C23C(=O)c2ccccc2C3=O)cc1. The van der Waals surface area contributed by atoms with Gasteiger partial charge in [-0.05, 0) is 24.6 Å². The normalized spacial score (nSPS) is 22.8. The molecule has 0 radical (unpaired) electrons. The first-order chi connectivity index (χ1) is 15.0. The van der Waals surface area contributed by atoms with E-state index in [1.165, 1.54) is 5.01 Å². The summed E-state index contributed by atoms with van der Waals surface area (Å²) in [6.07, 6.45) is 0. The Morgan fingerprint density at radius 3 is 1.58 bits per heavy atom. The summed E-state index contributed by atoms with van der Waals surface area (Å²) in [6.45, 7) is 1.94. The highest BCUT2D eigenvalue weighted by molar-refractivity contribution is 6.36. The molecule has 6 heteroatoms. The topological polar surface area (TPSA) is 74.5 Å². The smallest absolute Gasteiger partial charge is 0.276 e. The average molecular weight is 408 g/mol. The molecule has 3 aromatic carbocycles. The molecule has 2 heterocycles. The molecule has 2 amide bonds. The van der Waals surface area contributed by atoms with Crippen LogP contribution in [0.5, 0.6) is 0 Å². The van der Waals surface area contributed by atoms with Crippen molar-refractivity contribution in [1.82, 2.24) is 10.0 Å². The summed E-state index contributed by atoms with van der Waals surface area (Å²) in [4.78, 5) is 53.5. The summed E-state index contributed by atoms with van der Waals surface area (Å²) >= 11 is 0. The van der Waals surface area contributed by atoms with Gasteiger partial charge in [-0.1, -0.05) is 66.2 Å². The Bertz CT molecular complexity index is 1270. The number of rotatable bonds is 2. The fourth-order valence-corrected chi connectivity index (χ4v) is 4.90. The number of nitrogens with zero attached hydrogens (tertiary/aromatic N) is 2. The Kier molecular flexibility index (Phi) is 3.37. The van der Waals surface area contributed by atoms with Crippen LogP contribution in [0.1, 0.15) is 58.6 Å². The molecule has 6 nitrogen and oxygen atoms in total. The lowest BCUT2D eigenvalue weighted by atomic mass is 9.94. The van der Waals surface area contributed by atoms with E-state index in [1.54, 1.807) is 48.5 Å². The summed E-state index contributed by atoms with van der Waals surface area (Å²) in [7, 11) is 0. The quantitative estimate of drug-likeness (QED) is 0.369. The monoisotopic (exact) mass is 408 g/mol. The van der Waals surface area contributed by atoms with E-state index in [9.17, 15) is 19.2 Å². The molecule has 1 fully saturated rings. The number of carbonyl (C=O) groups excluding carboxylic acids is 4. The molecular formula is C25H16N2O4. The molecule has 150 valence electrons. The van der Waals surface area contributed by atoms with Gasteiger partial charge in [-0.3, -0.25) is 19.2 Å². The van der Waals surface area contributed by atoms with Crippen molar-refractivity contribution in [3.8, 4) is 0 Å². The number of hydrogen-bond acceptors (Lipinski definition) is 5. The Morgan fingerprint density at radius 1 is 0.645 bits per heavy atom. The van der Waals surface area contributed by atoms with Crippen molar-refractivity contribution in [2.24, 2.45) is 0 Å².